The number of rotatable bonds is 7. The van der Waals surface area contributed by atoms with Gasteiger partial charge in [0.15, 0.2) is 0 Å². The van der Waals surface area contributed by atoms with Gasteiger partial charge in [-0.3, -0.25) is 9.88 Å². The van der Waals surface area contributed by atoms with Crippen molar-refractivity contribution in [2.45, 2.75) is 31.7 Å². The van der Waals surface area contributed by atoms with Gasteiger partial charge >= 0.3 is 6.03 Å². The number of carbonyl (C=O) groups excluding carboxylic acids is 1. The molecule has 25 heavy (non-hydrogen) atoms. The lowest BCUT2D eigenvalue weighted by Crippen LogP contribution is -2.44. The van der Waals surface area contributed by atoms with Gasteiger partial charge < -0.3 is 15.1 Å². The Kier molecular flexibility index (Phi) is 6.45. The van der Waals surface area contributed by atoms with Crippen LogP contribution in [0.25, 0.3) is 0 Å². The highest BCUT2D eigenvalue weighted by Crippen LogP contribution is 2.24. The van der Waals surface area contributed by atoms with Gasteiger partial charge in [-0.05, 0) is 50.2 Å². The van der Waals surface area contributed by atoms with Crippen molar-refractivity contribution in [1.29, 1.82) is 0 Å². The number of nitrogens with zero attached hydrogens (tertiary/aromatic N) is 2. The Morgan fingerprint density at radius 2 is 2.04 bits per heavy atom. The monoisotopic (exact) mass is 342 g/mol. The molecule has 0 bridgehead atoms. The molecule has 1 unspecified atom stereocenters. The Bertz CT molecular complexity index is 624. The normalized spacial score (nSPS) is 16.3. The fourth-order valence-corrected chi connectivity index (χ4v) is 3.22. The molecule has 1 aliphatic heterocycles. The van der Waals surface area contributed by atoms with Crippen LogP contribution < -0.4 is 10.6 Å². The van der Waals surface area contributed by atoms with E-state index in [9.17, 15) is 4.79 Å². The minimum absolute atomic E-state index is 0.0943. The van der Waals surface area contributed by atoms with Crippen LogP contribution in [0.1, 0.15) is 36.8 Å². The molecule has 0 aliphatic carbocycles. The first-order valence-corrected chi connectivity index (χ1v) is 9.02. The molecule has 0 saturated carbocycles. The van der Waals surface area contributed by atoms with Crippen LogP contribution in [0, 0.1) is 0 Å². The minimum atomic E-state index is -0.149. The Morgan fingerprint density at radius 1 is 1.16 bits per heavy atom. The highest BCUT2D eigenvalue weighted by atomic mass is 16.3. The number of aromatic nitrogens is 1. The lowest BCUT2D eigenvalue weighted by molar-refractivity contribution is 0.143. The van der Waals surface area contributed by atoms with Crippen LogP contribution in [0.5, 0.6) is 0 Å². The molecular weight excluding hydrogens is 316 g/mol. The maximum absolute atomic E-state index is 12.1. The van der Waals surface area contributed by atoms with E-state index in [2.05, 4.69) is 20.5 Å². The third kappa shape index (κ3) is 5.32. The molecule has 1 saturated heterocycles. The predicted molar refractivity (Wildman–Crippen MR) is 96.2 cm³/mol. The van der Waals surface area contributed by atoms with Crippen molar-refractivity contribution < 1.29 is 9.21 Å². The van der Waals surface area contributed by atoms with E-state index in [0.717, 1.165) is 31.0 Å². The quantitative estimate of drug-likeness (QED) is 0.812. The summed E-state index contributed by atoms with van der Waals surface area (Å²) in [5.41, 5.74) is 0.976. The molecular formula is C19H26N4O2. The van der Waals surface area contributed by atoms with Crippen molar-refractivity contribution in [3.05, 3.63) is 54.2 Å². The van der Waals surface area contributed by atoms with Crippen LogP contribution in [0.2, 0.25) is 0 Å². The number of likely N-dealkylation sites (tertiary alicyclic amines) is 1. The molecule has 0 radical (unpaired) electrons. The Labute approximate surface area is 148 Å². The van der Waals surface area contributed by atoms with Gasteiger partial charge in [0.2, 0.25) is 0 Å². The van der Waals surface area contributed by atoms with Gasteiger partial charge in [0.05, 0.1) is 12.3 Å². The fraction of sp³-hybridized carbons (Fsp3) is 0.474. The highest BCUT2D eigenvalue weighted by molar-refractivity contribution is 5.73. The molecule has 2 N–H and O–H groups in total. The zero-order valence-electron chi connectivity index (χ0n) is 14.5. The van der Waals surface area contributed by atoms with Crippen LogP contribution in [0.15, 0.2) is 47.2 Å². The van der Waals surface area contributed by atoms with Gasteiger partial charge in [0.25, 0.3) is 0 Å². The number of furan rings is 1. The Hall–Kier alpha value is -2.34. The maximum Gasteiger partial charge on any atom is 0.314 e. The van der Waals surface area contributed by atoms with Crippen molar-refractivity contribution in [2.75, 3.05) is 26.2 Å². The van der Waals surface area contributed by atoms with Crippen molar-refractivity contribution in [3.63, 3.8) is 0 Å². The van der Waals surface area contributed by atoms with Crippen molar-refractivity contribution in [3.8, 4) is 0 Å². The van der Waals surface area contributed by atoms with E-state index in [1.807, 2.05) is 30.3 Å². The van der Waals surface area contributed by atoms with Gasteiger partial charge in [-0.25, -0.2) is 4.79 Å². The summed E-state index contributed by atoms with van der Waals surface area (Å²) >= 11 is 0. The molecule has 134 valence electrons. The number of carbonyl (C=O) groups is 1. The summed E-state index contributed by atoms with van der Waals surface area (Å²) in [7, 11) is 0. The predicted octanol–water partition coefficient (Wildman–Crippen LogP) is 2.74. The number of hydrogen-bond donors (Lipinski definition) is 2. The first kappa shape index (κ1) is 17.5. The smallest absolute Gasteiger partial charge is 0.314 e. The fourth-order valence-electron chi connectivity index (χ4n) is 3.22. The molecule has 1 atom stereocenters. The van der Waals surface area contributed by atoms with E-state index < -0.39 is 0 Å². The largest absolute Gasteiger partial charge is 0.468 e. The van der Waals surface area contributed by atoms with Gasteiger partial charge in [-0.2, -0.15) is 0 Å². The summed E-state index contributed by atoms with van der Waals surface area (Å²) in [6.45, 7) is 3.21. The zero-order chi connectivity index (χ0) is 17.3. The third-order valence-electron chi connectivity index (χ3n) is 4.55. The lowest BCUT2D eigenvalue weighted by atomic mass is 10.1. The second-order valence-electron chi connectivity index (χ2n) is 6.34. The summed E-state index contributed by atoms with van der Waals surface area (Å²) in [5.74, 6) is 0.913. The maximum atomic E-state index is 12.1. The van der Waals surface area contributed by atoms with E-state index in [0.29, 0.717) is 13.1 Å². The van der Waals surface area contributed by atoms with Crippen LogP contribution in [-0.2, 0) is 6.42 Å². The van der Waals surface area contributed by atoms with Crippen LogP contribution in [0.3, 0.4) is 0 Å². The molecule has 6 nitrogen and oxygen atoms in total. The highest BCUT2D eigenvalue weighted by Gasteiger charge is 2.24. The second-order valence-corrected chi connectivity index (χ2v) is 6.34. The molecule has 1 aliphatic rings. The lowest BCUT2D eigenvalue weighted by Gasteiger charge is -2.33. The number of nitrogens with one attached hydrogen (secondary N) is 2. The third-order valence-corrected chi connectivity index (χ3v) is 4.55. The summed E-state index contributed by atoms with van der Waals surface area (Å²) in [6, 6.07) is 9.64. The van der Waals surface area contributed by atoms with E-state index in [-0.39, 0.29) is 12.1 Å². The molecule has 1 fully saturated rings. The molecule has 6 heteroatoms. The van der Waals surface area contributed by atoms with Gasteiger partial charge in [0.1, 0.15) is 5.76 Å². The Balaban J connectivity index is 1.46. The average molecular weight is 342 g/mol. The molecule has 3 rings (SSSR count). The minimum Gasteiger partial charge on any atom is -0.468 e. The van der Waals surface area contributed by atoms with Crippen LogP contribution in [-0.4, -0.2) is 42.1 Å². The second kappa shape index (κ2) is 9.22. The standard InChI is InChI=1S/C19H26N4O2/c24-19(21-11-9-16-7-2-3-10-20-16)22-15-17(18-8-6-14-25-18)23-12-4-1-5-13-23/h2-3,6-8,10,14,17H,1,4-5,9,11-13,15H2,(H2,21,22,24). The summed E-state index contributed by atoms with van der Waals surface area (Å²) in [5, 5.41) is 5.88. The van der Waals surface area contributed by atoms with E-state index in [4.69, 9.17) is 4.42 Å². The molecule has 2 aromatic heterocycles. The van der Waals surface area contributed by atoms with E-state index in [1.54, 1.807) is 12.5 Å². The van der Waals surface area contributed by atoms with Crippen LogP contribution in [0.4, 0.5) is 4.79 Å². The van der Waals surface area contributed by atoms with Crippen molar-refractivity contribution in [2.24, 2.45) is 0 Å². The topological polar surface area (TPSA) is 70.4 Å². The molecule has 0 aromatic carbocycles. The van der Waals surface area contributed by atoms with Crippen molar-refractivity contribution in [1.82, 2.24) is 20.5 Å². The van der Waals surface area contributed by atoms with Crippen LogP contribution >= 0.6 is 0 Å². The van der Waals surface area contributed by atoms with E-state index >= 15 is 0 Å². The SMILES string of the molecule is O=C(NCCc1ccccn1)NCC(c1ccco1)N1CCCCC1. The molecule has 2 amide bonds. The average Bonchev–Trinajstić information content (AvgIpc) is 3.18. The van der Waals surface area contributed by atoms with E-state index in [1.165, 1.54) is 19.3 Å². The first-order chi connectivity index (χ1) is 12.3. The first-order valence-electron chi connectivity index (χ1n) is 9.02. The number of urea groups is 1. The number of pyridine rings is 1. The zero-order valence-corrected chi connectivity index (χ0v) is 14.5. The van der Waals surface area contributed by atoms with Gasteiger partial charge in [-0.1, -0.05) is 12.5 Å². The number of amides is 2. The molecule has 0 spiro atoms. The summed E-state index contributed by atoms with van der Waals surface area (Å²) < 4.78 is 5.60. The van der Waals surface area contributed by atoms with Gasteiger partial charge in [0, 0.05) is 31.4 Å². The van der Waals surface area contributed by atoms with Crippen molar-refractivity contribution >= 4 is 6.03 Å². The summed E-state index contributed by atoms with van der Waals surface area (Å²) in [6.07, 6.45) is 7.87. The number of piperidine rings is 1. The number of hydrogen-bond acceptors (Lipinski definition) is 4. The Morgan fingerprint density at radius 3 is 2.76 bits per heavy atom. The molecule has 3 heterocycles. The van der Waals surface area contributed by atoms with Gasteiger partial charge in [-0.15, -0.1) is 0 Å². The molecule has 2 aromatic rings. The summed E-state index contributed by atoms with van der Waals surface area (Å²) in [4.78, 5) is 18.8.